The second-order valence-electron chi connectivity index (χ2n) is 3.15. The fourth-order valence-corrected chi connectivity index (χ4v) is 2.00. The van der Waals surface area contributed by atoms with Gasteiger partial charge in [-0.15, -0.1) is 11.8 Å². The van der Waals surface area contributed by atoms with Crippen LogP contribution in [0.2, 0.25) is 0 Å². The van der Waals surface area contributed by atoms with E-state index in [0.29, 0.717) is 6.42 Å². The zero-order chi connectivity index (χ0) is 11.1. The molecule has 1 amide bonds. The van der Waals surface area contributed by atoms with Gasteiger partial charge in [0, 0.05) is 0 Å². The minimum atomic E-state index is -0.864. The number of amides is 1. The van der Waals surface area contributed by atoms with E-state index in [2.05, 4.69) is 0 Å². The molecule has 3 N–H and O–H groups in total. The lowest BCUT2D eigenvalue weighted by molar-refractivity contribution is -0.136. The van der Waals surface area contributed by atoms with Crippen molar-refractivity contribution >= 4 is 23.6 Å². The molecule has 0 aromatic heterocycles. The molecule has 0 radical (unpaired) electrons. The van der Waals surface area contributed by atoms with Gasteiger partial charge >= 0.3 is 5.97 Å². The molecule has 0 aliphatic heterocycles. The lowest BCUT2D eigenvalue weighted by Crippen LogP contribution is -2.28. The Morgan fingerprint density at radius 2 is 2.07 bits per heavy atom. The van der Waals surface area contributed by atoms with Gasteiger partial charge in [0.2, 0.25) is 5.91 Å². The summed E-state index contributed by atoms with van der Waals surface area (Å²) in [6.07, 6.45) is 2.40. The SMILES string of the molecule is CCCCC(SC(C)C(N)=O)C(=O)O. The van der Waals surface area contributed by atoms with Gasteiger partial charge in [0.15, 0.2) is 0 Å². The molecule has 0 bridgehead atoms. The zero-order valence-corrected chi connectivity index (χ0v) is 9.34. The molecular weight excluding hydrogens is 202 g/mol. The van der Waals surface area contributed by atoms with Crippen molar-refractivity contribution < 1.29 is 14.7 Å². The number of carbonyl (C=O) groups is 2. The predicted molar refractivity (Wildman–Crippen MR) is 57.2 cm³/mol. The van der Waals surface area contributed by atoms with Crippen molar-refractivity contribution in [3.8, 4) is 0 Å². The van der Waals surface area contributed by atoms with Crippen LogP contribution in [0.1, 0.15) is 33.1 Å². The van der Waals surface area contributed by atoms with Crippen molar-refractivity contribution in [3.63, 3.8) is 0 Å². The van der Waals surface area contributed by atoms with Gasteiger partial charge in [-0.05, 0) is 13.3 Å². The van der Waals surface area contributed by atoms with E-state index in [1.807, 2.05) is 6.92 Å². The van der Waals surface area contributed by atoms with E-state index >= 15 is 0 Å². The molecule has 0 aromatic rings. The molecule has 2 unspecified atom stereocenters. The van der Waals surface area contributed by atoms with Crippen molar-refractivity contribution in [2.75, 3.05) is 0 Å². The summed E-state index contributed by atoms with van der Waals surface area (Å²) in [5.41, 5.74) is 5.06. The Balaban J connectivity index is 4.08. The van der Waals surface area contributed by atoms with Gasteiger partial charge in [-0.25, -0.2) is 0 Å². The van der Waals surface area contributed by atoms with Crippen LogP contribution in [0.25, 0.3) is 0 Å². The van der Waals surface area contributed by atoms with Crippen LogP contribution in [-0.4, -0.2) is 27.5 Å². The predicted octanol–water partition coefficient (Wildman–Crippen LogP) is 1.24. The van der Waals surface area contributed by atoms with Gasteiger partial charge in [-0.3, -0.25) is 9.59 Å². The van der Waals surface area contributed by atoms with Crippen LogP contribution in [0.4, 0.5) is 0 Å². The minimum Gasteiger partial charge on any atom is -0.480 e. The van der Waals surface area contributed by atoms with E-state index in [1.165, 1.54) is 0 Å². The van der Waals surface area contributed by atoms with Gasteiger partial charge in [0.1, 0.15) is 5.25 Å². The van der Waals surface area contributed by atoms with Crippen molar-refractivity contribution in [1.82, 2.24) is 0 Å². The molecule has 0 fully saturated rings. The van der Waals surface area contributed by atoms with Gasteiger partial charge in [-0.1, -0.05) is 19.8 Å². The van der Waals surface area contributed by atoms with E-state index < -0.39 is 22.4 Å². The third kappa shape index (κ3) is 5.11. The van der Waals surface area contributed by atoms with Crippen LogP contribution < -0.4 is 5.73 Å². The van der Waals surface area contributed by atoms with Crippen LogP contribution >= 0.6 is 11.8 Å². The largest absolute Gasteiger partial charge is 0.480 e. The summed E-state index contributed by atoms with van der Waals surface area (Å²) in [4.78, 5) is 21.5. The first-order valence-corrected chi connectivity index (χ1v) is 5.60. The normalized spacial score (nSPS) is 14.7. The number of primary amides is 1. The third-order valence-electron chi connectivity index (χ3n) is 1.86. The molecule has 5 heteroatoms. The molecule has 4 nitrogen and oxygen atoms in total. The average Bonchev–Trinajstić information content (AvgIpc) is 2.10. The molecular formula is C9H17NO3S. The molecule has 14 heavy (non-hydrogen) atoms. The number of hydrogen-bond acceptors (Lipinski definition) is 3. The second kappa shape index (κ2) is 6.70. The summed E-state index contributed by atoms with van der Waals surface area (Å²) in [6, 6.07) is 0. The fourth-order valence-electron chi connectivity index (χ4n) is 0.953. The highest BCUT2D eigenvalue weighted by Crippen LogP contribution is 2.22. The lowest BCUT2D eigenvalue weighted by atomic mass is 10.2. The molecule has 0 aliphatic carbocycles. The molecule has 0 saturated heterocycles. The first-order chi connectivity index (χ1) is 6.49. The average molecular weight is 219 g/mol. The zero-order valence-electron chi connectivity index (χ0n) is 8.53. The molecule has 0 aromatic carbocycles. The number of unbranched alkanes of at least 4 members (excludes halogenated alkanes) is 1. The summed E-state index contributed by atoms with van der Waals surface area (Å²) in [5, 5.41) is 7.90. The highest BCUT2D eigenvalue weighted by molar-refractivity contribution is 8.01. The van der Waals surface area contributed by atoms with Crippen molar-refractivity contribution in [1.29, 1.82) is 0 Å². The highest BCUT2D eigenvalue weighted by Gasteiger charge is 2.22. The maximum absolute atomic E-state index is 10.8. The summed E-state index contributed by atoms with van der Waals surface area (Å²) >= 11 is 1.13. The van der Waals surface area contributed by atoms with Crippen LogP contribution in [0.15, 0.2) is 0 Å². The smallest absolute Gasteiger partial charge is 0.316 e. The Kier molecular flexibility index (Phi) is 6.36. The molecule has 0 saturated carbocycles. The number of aliphatic carboxylic acids is 1. The molecule has 0 rings (SSSR count). The molecule has 82 valence electrons. The van der Waals surface area contributed by atoms with E-state index in [9.17, 15) is 9.59 Å². The van der Waals surface area contributed by atoms with Crippen LogP contribution in [-0.2, 0) is 9.59 Å². The van der Waals surface area contributed by atoms with Crippen LogP contribution in [0.5, 0.6) is 0 Å². The van der Waals surface area contributed by atoms with Crippen molar-refractivity contribution in [2.45, 2.75) is 43.6 Å². The maximum Gasteiger partial charge on any atom is 0.316 e. The Labute approximate surface area is 88.2 Å². The van der Waals surface area contributed by atoms with E-state index in [1.54, 1.807) is 6.92 Å². The Morgan fingerprint density at radius 1 is 1.50 bits per heavy atom. The summed E-state index contributed by atoms with van der Waals surface area (Å²) in [7, 11) is 0. The maximum atomic E-state index is 10.8. The first kappa shape index (κ1) is 13.3. The topological polar surface area (TPSA) is 80.4 Å². The quantitative estimate of drug-likeness (QED) is 0.675. The summed E-state index contributed by atoms with van der Waals surface area (Å²) < 4.78 is 0. The summed E-state index contributed by atoms with van der Waals surface area (Å²) in [5.74, 6) is -1.32. The Morgan fingerprint density at radius 3 is 2.43 bits per heavy atom. The van der Waals surface area contributed by atoms with Gasteiger partial charge in [0.05, 0.1) is 5.25 Å². The Bertz CT molecular complexity index is 208. The summed E-state index contributed by atoms with van der Waals surface area (Å²) in [6.45, 7) is 3.63. The van der Waals surface area contributed by atoms with Crippen LogP contribution in [0, 0.1) is 0 Å². The van der Waals surface area contributed by atoms with E-state index in [-0.39, 0.29) is 0 Å². The fraction of sp³-hybridized carbons (Fsp3) is 0.778. The molecule has 0 aliphatic rings. The number of nitrogens with two attached hydrogens (primary N) is 1. The monoisotopic (exact) mass is 219 g/mol. The van der Waals surface area contributed by atoms with Gasteiger partial charge in [-0.2, -0.15) is 0 Å². The van der Waals surface area contributed by atoms with Gasteiger partial charge in [0.25, 0.3) is 0 Å². The molecule has 0 heterocycles. The van der Waals surface area contributed by atoms with E-state index in [4.69, 9.17) is 10.8 Å². The third-order valence-corrected chi connectivity index (χ3v) is 3.27. The number of thioether (sulfide) groups is 1. The number of carboxylic acid groups (broad SMARTS) is 1. The number of hydrogen-bond donors (Lipinski definition) is 2. The molecule has 2 atom stereocenters. The van der Waals surface area contributed by atoms with E-state index in [0.717, 1.165) is 24.6 Å². The number of carbonyl (C=O) groups excluding carboxylic acids is 1. The van der Waals surface area contributed by atoms with Gasteiger partial charge < -0.3 is 10.8 Å². The Hall–Kier alpha value is -0.710. The van der Waals surface area contributed by atoms with Crippen molar-refractivity contribution in [3.05, 3.63) is 0 Å². The first-order valence-electron chi connectivity index (χ1n) is 4.66. The lowest BCUT2D eigenvalue weighted by Gasteiger charge is -2.14. The number of carboxylic acids is 1. The van der Waals surface area contributed by atoms with Crippen LogP contribution in [0.3, 0.4) is 0 Å². The molecule has 0 spiro atoms. The number of rotatable bonds is 7. The standard InChI is InChI=1S/C9H17NO3S/c1-3-4-5-7(9(12)13)14-6(2)8(10)11/h6-7H,3-5H2,1-2H3,(H2,10,11)(H,12,13). The second-order valence-corrected chi connectivity index (χ2v) is 4.70. The highest BCUT2D eigenvalue weighted by atomic mass is 32.2. The minimum absolute atomic E-state index is 0.437. The van der Waals surface area contributed by atoms with Crippen molar-refractivity contribution in [2.24, 2.45) is 5.73 Å².